The minimum atomic E-state index is -3.81. The first-order valence-electron chi connectivity index (χ1n) is 5.16. The fourth-order valence-corrected chi connectivity index (χ4v) is 5.15. The monoisotopic (exact) mass is 355 g/mol. The molecule has 0 saturated heterocycles. The number of rotatable bonds is 5. The second kappa shape index (κ2) is 5.68. The van der Waals surface area contributed by atoms with Crippen LogP contribution < -0.4 is 4.72 Å². The van der Waals surface area contributed by atoms with E-state index in [9.17, 15) is 13.2 Å². The van der Waals surface area contributed by atoms with Crippen LogP contribution in [-0.4, -0.2) is 25.5 Å². The van der Waals surface area contributed by atoms with Gasteiger partial charge < -0.3 is 5.11 Å². The van der Waals surface area contributed by atoms with E-state index < -0.39 is 22.0 Å². The minimum Gasteiger partial charge on any atom is -0.480 e. The predicted octanol–water partition coefficient (Wildman–Crippen LogP) is 2.21. The normalized spacial score (nSPS) is 13.8. The third kappa shape index (κ3) is 3.53. The maximum atomic E-state index is 12.1. The van der Waals surface area contributed by atoms with Crippen molar-refractivity contribution in [3.63, 3.8) is 0 Å². The van der Waals surface area contributed by atoms with Crippen molar-refractivity contribution in [2.45, 2.75) is 31.7 Å². The molecule has 0 aliphatic rings. The van der Waals surface area contributed by atoms with Crippen LogP contribution in [-0.2, 0) is 14.8 Å². The van der Waals surface area contributed by atoms with Gasteiger partial charge in [-0.05, 0) is 34.8 Å². The highest BCUT2D eigenvalue weighted by molar-refractivity contribution is 9.11. The summed E-state index contributed by atoms with van der Waals surface area (Å²) in [5.41, 5.74) is 0. The fraction of sp³-hybridized carbons (Fsp3) is 0.500. The molecule has 8 heteroatoms. The van der Waals surface area contributed by atoms with Crippen molar-refractivity contribution in [3.8, 4) is 0 Å². The molecular weight excluding hydrogens is 342 g/mol. The molecule has 0 amide bonds. The number of halogens is 1. The summed E-state index contributed by atoms with van der Waals surface area (Å²) in [6.07, 6.45) is 0. The largest absolute Gasteiger partial charge is 0.480 e. The number of carboxylic acids is 1. The van der Waals surface area contributed by atoms with Gasteiger partial charge in [-0.2, -0.15) is 4.72 Å². The van der Waals surface area contributed by atoms with Gasteiger partial charge in [-0.15, -0.1) is 11.3 Å². The molecule has 0 saturated carbocycles. The molecule has 0 aliphatic carbocycles. The van der Waals surface area contributed by atoms with E-state index in [0.717, 1.165) is 0 Å². The Hall–Kier alpha value is -0.440. The van der Waals surface area contributed by atoms with Gasteiger partial charge in [0.1, 0.15) is 6.04 Å². The number of carbonyl (C=O) groups is 1. The van der Waals surface area contributed by atoms with E-state index in [1.54, 1.807) is 20.8 Å². The zero-order valence-electron chi connectivity index (χ0n) is 10.1. The first-order chi connectivity index (χ1) is 8.15. The Bertz CT molecular complexity index is 550. The van der Waals surface area contributed by atoms with E-state index in [0.29, 0.717) is 8.66 Å². The van der Waals surface area contributed by atoms with Crippen LogP contribution in [0, 0.1) is 12.8 Å². The Morgan fingerprint density at radius 3 is 2.39 bits per heavy atom. The zero-order chi connectivity index (χ0) is 14.1. The van der Waals surface area contributed by atoms with Gasteiger partial charge in [0, 0.05) is 4.88 Å². The Kier molecular flexibility index (Phi) is 4.93. The highest BCUT2D eigenvalue weighted by Crippen LogP contribution is 2.29. The summed E-state index contributed by atoms with van der Waals surface area (Å²) in [4.78, 5) is 11.7. The summed E-state index contributed by atoms with van der Waals surface area (Å²) in [6.45, 7) is 4.98. The van der Waals surface area contributed by atoms with Crippen molar-refractivity contribution in [2.24, 2.45) is 5.92 Å². The third-order valence-electron chi connectivity index (χ3n) is 2.35. The highest BCUT2D eigenvalue weighted by atomic mass is 79.9. The molecule has 1 aromatic heterocycles. The van der Waals surface area contributed by atoms with Crippen LogP contribution in [0.3, 0.4) is 0 Å². The molecular formula is C10H14BrNO4S2. The predicted molar refractivity (Wildman–Crippen MR) is 73.3 cm³/mol. The number of aliphatic carboxylic acids is 1. The first-order valence-corrected chi connectivity index (χ1v) is 8.25. The van der Waals surface area contributed by atoms with Gasteiger partial charge in [0.25, 0.3) is 0 Å². The molecule has 0 radical (unpaired) electrons. The number of thiophene rings is 1. The van der Waals surface area contributed by atoms with E-state index in [1.807, 2.05) is 0 Å². The number of carboxylic acid groups (broad SMARTS) is 1. The summed E-state index contributed by atoms with van der Waals surface area (Å²) in [5, 5.41) is 8.99. The topological polar surface area (TPSA) is 83.5 Å². The van der Waals surface area contributed by atoms with Gasteiger partial charge in [0.05, 0.1) is 8.68 Å². The minimum absolute atomic E-state index is 0.117. The SMILES string of the molecule is Cc1sc(Br)cc1S(=O)(=O)NC(C(=O)O)C(C)C. The van der Waals surface area contributed by atoms with Crippen molar-refractivity contribution in [2.75, 3.05) is 0 Å². The van der Waals surface area contributed by atoms with Crippen LogP contribution in [0.25, 0.3) is 0 Å². The van der Waals surface area contributed by atoms with E-state index >= 15 is 0 Å². The second-order valence-electron chi connectivity index (χ2n) is 4.15. The van der Waals surface area contributed by atoms with Crippen LogP contribution in [0.5, 0.6) is 0 Å². The third-order valence-corrected chi connectivity index (χ3v) is 5.60. The quantitative estimate of drug-likeness (QED) is 0.847. The number of aryl methyl sites for hydroxylation is 1. The summed E-state index contributed by atoms with van der Waals surface area (Å²) in [7, 11) is -3.81. The molecule has 1 rings (SSSR count). The molecule has 18 heavy (non-hydrogen) atoms. The first kappa shape index (κ1) is 15.6. The Labute approximate surface area is 118 Å². The van der Waals surface area contributed by atoms with E-state index in [1.165, 1.54) is 17.4 Å². The molecule has 1 atom stereocenters. The molecule has 2 N–H and O–H groups in total. The van der Waals surface area contributed by atoms with Gasteiger partial charge in [0.15, 0.2) is 0 Å². The lowest BCUT2D eigenvalue weighted by atomic mass is 10.1. The molecule has 0 aliphatic heterocycles. The molecule has 1 heterocycles. The average molecular weight is 356 g/mol. The molecule has 0 aromatic carbocycles. The highest BCUT2D eigenvalue weighted by Gasteiger charge is 2.29. The van der Waals surface area contributed by atoms with E-state index in [-0.39, 0.29) is 10.8 Å². The maximum Gasteiger partial charge on any atom is 0.322 e. The van der Waals surface area contributed by atoms with Gasteiger partial charge in [-0.1, -0.05) is 13.8 Å². The lowest BCUT2D eigenvalue weighted by Crippen LogP contribution is -2.44. The standard InChI is InChI=1S/C10H14BrNO4S2/c1-5(2)9(10(13)14)12-18(15,16)7-4-8(11)17-6(7)3/h4-5,9,12H,1-3H3,(H,13,14). The van der Waals surface area contributed by atoms with Crippen molar-refractivity contribution < 1.29 is 18.3 Å². The van der Waals surface area contributed by atoms with Gasteiger partial charge in [-0.25, -0.2) is 8.42 Å². The molecule has 0 fully saturated rings. The number of hydrogen-bond acceptors (Lipinski definition) is 4. The van der Waals surface area contributed by atoms with E-state index in [2.05, 4.69) is 20.7 Å². The van der Waals surface area contributed by atoms with Crippen LogP contribution in [0.4, 0.5) is 0 Å². The maximum absolute atomic E-state index is 12.1. The van der Waals surface area contributed by atoms with Gasteiger partial charge >= 0.3 is 5.97 Å². The van der Waals surface area contributed by atoms with Gasteiger partial charge in [-0.3, -0.25) is 4.79 Å². The Balaban J connectivity index is 3.08. The summed E-state index contributed by atoms with van der Waals surface area (Å²) >= 11 is 4.50. The lowest BCUT2D eigenvalue weighted by molar-refractivity contribution is -0.140. The van der Waals surface area contributed by atoms with Crippen LogP contribution in [0.2, 0.25) is 0 Å². The summed E-state index contributed by atoms with van der Waals surface area (Å²) in [5.74, 6) is -1.51. The molecule has 1 aromatic rings. The van der Waals surface area contributed by atoms with E-state index in [4.69, 9.17) is 5.11 Å². The van der Waals surface area contributed by atoms with Crippen molar-refractivity contribution in [3.05, 3.63) is 14.7 Å². The molecule has 0 spiro atoms. The summed E-state index contributed by atoms with van der Waals surface area (Å²) < 4.78 is 27.1. The van der Waals surface area contributed by atoms with Crippen molar-refractivity contribution >= 4 is 43.3 Å². The lowest BCUT2D eigenvalue weighted by Gasteiger charge is -2.17. The average Bonchev–Trinajstić information content (AvgIpc) is 2.54. The Morgan fingerprint density at radius 2 is 2.06 bits per heavy atom. The molecule has 5 nitrogen and oxygen atoms in total. The van der Waals surface area contributed by atoms with Crippen LogP contribution in [0.1, 0.15) is 18.7 Å². The molecule has 0 bridgehead atoms. The fourth-order valence-electron chi connectivity index (χ4n) is 1.40. The van der Waals surface area contributed by atoms with Crippen LogP contribution >= 0.6 is 27.3 Å². The summed E-state index contributed by atoms with van der Waals surface area (Å²) in [6, 6.07) is 0.342. The Morgan fingerprint density at radius 1 is 1.50 bits per heavy atom. The van der Waals surface area contributed by atoms with Crippen molar-refractivity contribution in [1.29, 1.82) is 0 Å². The zero-order valence-corrected chi connectivity index (χ0v) is 13.3. The van der Waals surface area contributed by atoms with Gasteiger partial charge in [0.2, 0.25) is 10.0 Å². The number of hydrogen-bond donors (Lipinski definition) is 2. The van der Waals surface area contributed by atoms with Crippen LogP contribution in [0.15, 0.2) is 14.7 Å². The van der Waals surface area contributed by atoms with Crippen molar-refractivity contribution in [1.82, 2.24) is 4.72 Å². The number of nitrogens with one attached hydrogen (secondary N) is 1. The molecule has 102 valence electrons. The smallest absolute Gasteiger partial charge is 0.322 e. The second-order valence-corrected chi connectivity index (χ2v) is 8.47. The molecule has 1 unspecified atom stereocenters. The number of sulfonamides is 1.